The normalized spacial score (nSPS) is 40.5. The highest BCUT2D eigenvalue weighted by atomic mass is 16.1. The van der Waals surface area contributed by atoms with Gasteiger partial charge in [-0.05, 0) is 42.9 Å². The van der Waals surface area contributed by atoms with E-state index in [-0.39, 0.29) is 11.9 Å². The van der Waals surface area contributed by atoms with Crippen LogP contribution in [-0.4, -0.2) is 18.0 Å². The predicted octanol–water partition coefficient (Wildman–Crippen LogP) is 2.05. The van der Waals surface area contributed by atoms with Crippen molar-refractivity contribution in [1.29, 1.82) is 0 Å². The molecule has 3 N–H and O–H groups in total. The Morgan fingerprint density at radius 3 is 2.59 bits per heavy atom. The summed E-state index contributed by atoms with van der Waals surface area (Å²) in [6.45, 7) is 9.21. The van der Waals surface area contributed by atoms with Crippen molar-refractivity contribution in [1.82, 2.24) is 5.32 Å². The molecule has 2 rings (SSSR count). The summed E-state index contributed by atoms with van der Waals surface area (Å²) >= 11 is 0. The minimum Gasteiger partial charge on any atom is -0.370 e. The Kier molecular flexibility index (Phi) is 3.01. The van der Waals surface area contributed by atoms with Gasteiger partial charge < -0.3 is 11.1 Å². The van der Waals surface area contributed by atoms with E-state index in [1.807, 2.05) is 0 Å². The first-order chi connectivity index (χ1) is 7.75. The Bertz CT molecular complexity index is 321. The van der Waals surface area contributed by atoms with Crippen LogP contribution in [0.4, 0.5) is 0 Å². The van der Waals surface area contributed by atoms with E-state index >= 15 is 0 Å². The molecular weight excluding hydrogens is 212 g/mol. The highest BCUT2D eigenvalue weighted by Gasteiger charge is 2.59. The van der Waals surface area contributed by atoms with Crippen molar-refractivity contribution in [3.8, 4) is 0 Å². The van der Waals surface area contributed by atoms with Crippen molar-refractivity contribution >= 4 is 5.91 Å². The van der Waals surface area contributed by atoms with Crippen LogP contribution in [0.2, 0.25) is 0 Å². The first kappa shape index (κ1) is 12.9. The molecule has 2 bridgehead atoms. The number of amides is 1. The predicted molar refractivity (Wildman–Crippen MR) is 69.4 cm³/mol. The number of carbonyl (C=O) groups excluding carboxylic acids is 1. The third-order valence-corrected chi connectivity index (χ3v) is 5.23. The van der Waals surface area contributed by atoms with Gasteiger partial charge in [0.15, 0.2) is 0 Å². The highest BCUT2D eigenvalue weighted by Crippen LogP contribution is 2.62. The maximum Gasteiger partial charge on any atom is 0.218 e. The summed E-state index contributed by atoms with van der Waals surface area (Å²) in [7, 11) is 0. The van der Waals surface area contributed by atoms with Crippen molar-refractivity contribution in [2.75, 3.05) is 0 Å². The lowest BCUT2D eigenvalue weighted by atomic mass is 9.68. The molecule has 98 valence electrons. The molecule has 0 spiro atoms. The molecule has 3 heteroatoms. The second-order valence-corrected chi connectivity index (χ2v) is 7.09. The van der Waals surface area contributed by atoms with Gasteiger partial charge in [0.05, 0.1) is 0 Å². The van der Waals surface area contributed by atoms with Gasteiger partial charge in [-0.2, -0.15) is 0 Å². The van der Waals surface area contributed by atoms with Gasteiger partial charge in [0, 0.05) is 18.5 Å². The van der Waals surface area contributed by atoms with Crippen LogP contribution in [0.25, 0.3) is 0 Å². The molecule has 0 radical (unpaired) electrons. The number of nitrogens with two attached hydrogens (primary N) is 1. The second kappa shape index (κ2) is 3.98. The van der Waals surface area contributed by atoms with E-state index in [9.17, 15) is 4.79 Å². The van der Waals surface area contributed by atoms with Crippen molar-refractivity contribution in [2.24, 2.45) is 22.5 Å². The van der Waals surface area contributed by atoms with E-state index in [0.717, 1.165) is 5.92 Å². The third kappa shape index (κ3) is 2.10. The summed E-state index contributed by atoms with van der Waals surface area (Å²) in [6, 6.07) is 0.705. The Labute approximate surface area is 105 Å². The van der Waals surface area contributed by atoms with Gasteiger partial charge >= 0.3 is 0 Å². The zero-order chi connectivity index (χ0) is 12.8. The molecule has 0 heterocycles. The molecule has 2 aliphatic rings. The Hall–Kier alpha value is -0.570. The van der Waals surface area contributed by atoms with E-state index in [0.29, 0.717) is 23.3 Å². The summed E-state index contributed by atoms with van der Waals surface area (Å²) < 4.78 is 0. The minimum atomic E-state index is -0.212. The Balaban J connectivity index is 2.07. The van der Waals surface area contributed by atoms with E-state index in [2.05, 4.69) is 33.0 Å². The lowest BCUT2D eigenvalue weighted by Crippen LogP contribution is -2.53. The van der Waals surface area contributed by atoms with E-state index in [4.69, 9.17) is 5.73 Å². The molecule has 2 unspecified atom stereocenters. The first-order valence-electron chi connectivity index (χ1n) is 6.80. The molecule has 2 aliphatic carbocycles. The largest absolute Gasteiger partial charge is 0.370 e. The van der Waals surface area contributed by atoms with Crippen LogP contribution in [0.5, 0.6) is 0 Å². The molecule has 2 saturated carbocycles. The van der Waals surface area contributed by atoms with Crippen LogP contribution in [0.1, 0.15) is 53.4 Å². The zero-order valence-electron chi connectivity index (χ0n) is 11.5. The molecule has 0 aliphatic heterocycles. The van der Waals surface area contributed by atoms with Gasteiger partial charge in [-0.25, -0.2) is 0 Å². The number of carbonyl (C=O) groups is 1. The fraction of sp³-hybridized carbons (Fsp3) is 0.929. The van der Waals surface area contributed by atoms with Crippen LogP contribution in [0.3, 0.4) is 0 Å². The van der Waals surface area contributed by atoms with E-state index in [1.165, 1.54) is 19.3 Å². The molecule has 0 aromatic carbocycles. The number of fused-ring (bicyclic) bond motifs is 2. The summed E-state index contributed by atoms with van der Waals surface area (Å²) in [5, 5.41) is 3.67. The molecule has 2 fully saturated rings. The monoisotopic (exact) mass is 238 g/mol. The standard InChI is InChI=1S/C14H26N2O/c1-9(7-11(15)17)16-12-13(2,3)10-5-6-14(12,4)8-10/h9-10,12,16H,5-8H2,1-4H3,(H2,15,17)/t9?,10-,12?,14+/m0/s1. The van der Waals surface area contributed by atoms with Crippen LogP contribution < -0.4 is 11.1 Å². The first-order valence-corrected chi connectivity index (χ1v) is 6.80. The van der Waals surface area contributed by atoms with Gasteiger partial charge in [0.25, 0.3) is 0 Å². The summed E-state index contributed by atoms with van der Waals surface area (Å²) in [5.41, 5.74) is 6.03. The summed E-state index contributed by atoms with van der Waals surface area (Å²) in [4.78, 5) is 11.0. The van der Waals surface area contributed by atoms with Crippen molar-refractivity contribution in [2.45, 2.75) is 65.5 Å². The van der Waals surface area contributed by atoms with Gasteiger partial charge in [-0.1, -0.05) is 20.8 Å². The number of rotatable bonds is 4. The van der Waals surface area contributed by atoms with Crippen LogP contribution >= 0.6 is 0 Å². The van der Waals surface area contributed by atoms with Crippen molar-refractivity contribution < 1.29 is 4.79 Å². The number of primary amides is 1. The minimum absolute atomic E-state index is 0.188. The number of hydrogen-bond donors (Lipinski definition) is 2. The van der Waals surface area contributed by atoms with Gasteiger partial charge in [0.2, 0.25) is 5.91 Å². The SMILES string of the molecule is CC(CC(N)=O)NC1C(C)(C)[C@H]2CC[C@]1(C)C2. The molecule has 0 aromatic rings. The third-order valence-electron chi connectivity index (χ3n) is 5.23. The molecule has 0 saturated heterocycles. The quantitative estimate of drug-likeness (QED) is 0.787. The summed E-state index contributed by atoms with van der Waals surface area (Å²) in [6.07, 6.45) is 4.46. The van der Waals surface area contributed by atoms with Crippen molar-refractivity contribution in [3.63, 3.8) is 0 Å². The molecule has 17 heavy (non-hydrogen) atoms. The fourth-order valence-corrected chi connectivity index (χ4v) is 4.36. The molecule has 4 atom stereocenters. The Morgan fingerprint density at radius 2 is 2.12 bits per heavy atom. The van der Waals surface area contributed by atoms with Crippen LogP contribution in [-0.2, 0) is 4.79 Å². The number of hydrogen-bond acceptors (Lipinski definition) is 2. The van der Waals surface area contributed by atoms with E-state index in [1.54, 1.807) is 0 Å². The highest BCUT2D eigenvalue weighted by molar-refractivity contribution is 5.74. The van der Waals surface area contributed by atoms with Crippen LogP contribution in [0, 0.1) is 16.7 Å². The zero-order valence-corrected chi connectivity index (χ0v) is 11.5. The molecule has 3 nitrogen and oxygen atoms in total. The fourth-order valence-electron chi connectivity index (χ4n) is 4.36. The lowest BCUT2D eigenvalue weighted by Gasteiger charge is -2.44. The lowest BCUT2D eigenvalue weighted by molar-refractivity contribution is -0.118. The van der Waals surface area contributed by atoms with Crippen molar-refractivity contribution in [3.05, 3.63) is 0 Å². The Morgan fingerprint density at radius 1 is 1.47 bits per heavy atom. The molecular formula is C14H26N2O. The molecule has 1 amide bonds. The van der Waals surface area contributed by atoms with Gasteiger partial charge in [-0.3, -0.25) is 4.79 Å². The van der Waals surface area contributed by atoms with Gasteiger partial charge in [0.1, 0.15) is 0 Å². The van der Waals surface area contributed by atoms with Crippen LogP contribution in [0.15, 0.2) is 0 Å². The second-order valence-electron chi connectivity index (χ2n) is 7.09. The topological polar surface area (TPSA) is 55.1 Å². The molecule has 0 aromatic heterocycles. The smallest absolute Gasteiger partial charge is 0.218 e. The maximum absolute atomic E-state index is 11.0. The number of nitrogens with one attached hydrogen (secondary N) is 1. The summed E-state index contributed by atoms with van der Waals surface area (Å²) in [5.74, 6) is 0.627. The average molecular weight is 238 g/mol. The maximum atomic E-state index is 11.0. The van der Waals surface area contributed by atoms with E-state index < -0.39 is 0 Å². The average Bonchev–Trinajstić information content (AvgIpc) is 2.63. The van der Waals surface area contributed by atoms with Gasteiger partial charge in [-0.15, -0.1) is 0 Å².